The lowest BCUT2D eigenvalue weighted by Crippen LogP contribution is -2.39. The molecule has 3 heterocycles. The molecule has 12 heteroatoms. The smallest absolute Gasteiger partial charge is 0.331 e. The first-order valence-electron chi connectivity index (χ1n) is 10.8. The van der Waals surface area contributed by atoms with E-state index in [-0.39, 0.29) is 49.2 Å². The van der Waals surface area contributed by atoms with Gasteiger partial charge in [0.2, 0.25) is 5.82 Å². The number of carbonyl (C=O) groups is 2. The first kappa shape index (κ1) is 23.4. The Bertz CT molecular complexity index is 1570. The van der Waals surface area contributed by atoms with E-state index in [1.165, 1.54) is 17.0 Å². The van der Waals surface area contributed by atoms with E-state index in [4.69, 9.17) is 0 Å². The summed E-state index contributed by atoms with van der Waals surface area (Å²) in [5.74, 6) is -2.74. The third kappa shape index (κ3) is 4.04. The van der Waals surface area contributed by atoms with Crippen molar-refractivity contribution in [3.05, 3.63) is 92.7 Å². The highest BCUT2D eigenvalue weighted by Gasteiger charge is 2.40. The molecule has 8 nitrogen and oxygen atoms in total. The first-order chi connectivity index (χ1) is 17.2. The van der Waals surface area contributed by atoms with Gasteiger partial charge < -0.3 is 9.47 Å². The Morgan fingerprint density at radius 1 is 1.11 bits per heavy atom. The lowest BCUT2D eigenvalue weighted by molar-refractivity contribution is -0.147. The van der Waals surface area contributed by atoms with E-state index >= 15 is 0 Å². The molecule has 0 atom stereocenters. The van der Waals surface area contributed by atoms with Gasteiger partial charge in [-0.2, -0.15) is 18.3 Å². The lowest BCUT2D eigenvalue weighted by Gasteiger charge is -2.29. The second-order valence-electron chi connectivity index (χ2n) is 8.30. The SMILES string of the molecule is O=Cc1nc(C(F)(F)F)n2c1CN(C(=O)c1cc(Cc3n[nH]c(=O)c4ccccc34)ccc1F)CC2. The van der Waals surface area contributed by atoms with Gasteiger partial charge in [0.05, 0.1) is 28.9 Å². The van der Waals surface area contributed by atoms with Crippen molar-refractivity contribution in [2.75, 3.05) is 6.54 Å². The fraction of sp³-hybridized carbons (Fsp3) is 0.208. The van der Waals surface area contributed by atoms with Gasteiger partial charge in [0.15, 0.2) is 6.29 Å². The number of halogens is 4. The largest absolute Gasteiger partial charge is 0.449 e. The fourth-order valence-electron chi connectivity index (χ4n) is 4.39. The van der Waals surface area contributed by atoms with Crippen LogP contribution in [0.2, 0.25) is 0 Å². The number of alkyl halides is 3. The van der Waals surface area contributed by atoms with Gasteiger partial charge in [-0.05, 0) is 23.8 Å². The van der Waals surface area contributed by atoms with Crippen LogP contribution in [0.4, 0.5) is 17.6 Å². The number of nitrogens with one attached hydrogen (secondary N) is 1. The van der Waals surface area contributed by atoms with Gasteiger partial charge >= 0.3 is 6.18 Å². The predicted molar refractivity (Wildman–Crippen MR) is 119 cm³/mol. The van der Waals surface area contributed by atoms with E-state index in [0.717, 1.165) is 10.6 Å². The minimum absolute atomic E-state index is 0.0580. The van der Waals surface area contributed by atoms with Crippen LogP contribution in [0.3, 0.4) is 0 Å². The second-order valence-corrected chi connectivity index (χ2v) is 8.30. The van der Waals surface area contributed by atoms with Crippen LogP contribution in [0.5, 0.6) is 0 Å². The summed E-state index contributed by atoms with van der Waals surface area (Å²) < 4.78 is 55.4. The number of aldehydes is 1. The molecule has 5 rings (SSSR count). The normalized spacial score (nSPS) is 13.6. The van der Waals surface area contributed by atoms with Gasteiger partial charge in [-0.25, -0.2) is 14.5 Å². The molecule has 0 radical (unpaired) electrons. The van der Waals surface area contributed by atoms with E-state index in [9.17, 15) is 31.9 Å². The molecule has 0 saturated carbocycles. The maximum Gasteiger partial charge on any atom is 0.449 e. The van der Waals surface area contributed by atoms with E-state index in [0.29, 0.717) is 22.0 Å². The van der Waals surface area contributed by atoms with Crippen molar-refractivity contribution in [1.82, 2.24) is 24.6 Å². The third-order valence-electron chi connectivity index (χ3n) is 6.10. The average Bonchev–Trinajstić information content (AvgIpc) is 3.25. The summed E-state index contributed by atoms with van der Waals surface area (Å²) in [6, 6.07) is 10.8. The van der Waals surface area contributed by atoms with E-state index in [2.05, 4.69) is 15.2 Å². The molecule has 2 aromatic carbocycles. The molecule has 0 unspecified atom stereocenters. The molecule has 36 heavy (non-hydrogen) atoms. The van der Waals surface area contributed by atoms with Crippen LogP contribution in [0.15, 0.2) is 47.3 Å². The first-order valence-corrected chi connectivity index (χ1v) is 10.8. The van der Waals surface area contributed by atoms with Gasteiger partial charge in [-0.3, -0.25) is 14.4 Å². The van der Waals surface area contributed by atoms with E-state index < -0.39 is 29.4 Å². The Balaban J connectivity index is 1.45. The number of aromatic nitrogens is 4. The van der Waals surface area contributed by atoms with E-state index in [1.807, 2.05) is 0 Å². The van der Waals surface area contributed by atoms with Crippen molar-refractivity contribution in [2.45, 2.75) is 25.7 Å². The number of amides is 1. The molecule has 1 N–H and O–H groups in total. The van der Waals surface area contributed by atoms with Crippen molar-refractivity contribution in [3.63, 3.8) is 0 Å². The van der Waals surface area contributed by atoms with Gasteiger partial charge in [0.25, 0.3) is 11.5 Å². The summed E-state index contributed by atoms with van der Waals surface area (Å²) in [5.41, 5.74) is -0.0239. The lowest BCUT2D eigenvalue weighted by atomic mass is 10.0. The van der Waals surface area contributed by atoms with Crippen LogP contribution >= 0.6 is 0 Å². The number of imidazole rings is 1. The van der Waals surface area contributed by atoms with Crippen LogP contribution in [-0.2, 0) is 25.7 Å². The number of aromatic amines is 1. The summed E-state index contributed by atoms with van der Waals surface area (Å²) >= 11 is 0. The predicted octanol–water partition coefficient (Wildman–Crippen LogP) is 3.34. The van der Waals surface area contributed by atoms with Gasteiger partial charge in [0, 0.05) is 24.9 Å². The maximum atomic E-state index is 14.7. The van der Waals surface area contributed by atoms with Crippen LogP contribution < -0.4 is 5.56 Å². The molecule has 1 aliphatic rings. The summed E-state index contributed by atoms with van der Waals surface area (Å²) in [4.78, 5) is 41.1. The third-order valence-corrected chi connectivity index (χ3v) is 6.10. The standard InChI is InChI=1S/C24H17F4N5O3/c25-17-6-5-13(10-18-14-3-1-2-4-15(14)21(35)31-30-18)9-16(17)22(36)32-7-8-33-20(11-32)19(12-34)29-23(33)24(26,27)28/h1-6,9,12H,7-8,10-11H2,(H,31,35). The highest BCUT2D eigenvalue weighted by Crippen LogP contribution is 2.32. The Morgan fingerprint density at radius 3 is 2.58 bits per heavy atom. The van der Waals surface area contributed by atoms with Crippen molar-refractivity contribution in [2.24, 2.45) is 0 Å². The molecule has 1 aliphatic heterocycles. The summed E-state index contributed by atoms with van der Waals surface area (Å²) in [5, 5.41) is 7.57. The van der Waals surface area contributed by atoms with Crippen molar-refractivity contribution < 1.29 is 27.2 Å². The van der Waals surface area contributed by atoms with Crippen molar-refractivity contribution in [1.29, 1.82) is 0 Å². The number of nitrogens with zero attached hydrogens (tertiary/aromatic N) is 4. The van der Waals surface area contributed by atoms with E-state index in [1.54, 1.807) is 24.3 Å². The highest BCUT2D eigenvalue weighted by molar-refractivity contribution is 5.95. The number of H-pyrrole nitrogens is 1. The molecule has 0 saturated heterocycles. The van der Waals surface area contributed by atoms with Gasteiger partial charge in [-0.15, -0.1) is 0 Å². The Kier molecular flexibility index (Phi) is 5.65. The fourth-order valence-corrected chi connectivity index (χ4v) is 4.39. The molecule has 0 aliphatic carbocycles. The molecule has 0 bridgehead atoms. The Labute approximate surface area is 200 Å². The summed E-state index contributed by atoms with van der Waals surface area (Å²) in [6.45, 7) is -0.698. The Hall–Kier alpha value is -4.35. The minimum Gasteiger partial charge on any atom is -0.331 e. The summed E-state index contributed by atoms with van der Waals surface area (Å²) in [7, 11) is 0. The zero-order valence-electron chi connectivity index (χ0n) is 18.5. The molecule has 2 aromatic heterocycles. The summed E-state index contributed by atoms with van der Waals surface area (Å²) in [6.07, 6.45) is -4.37. The highest BCUT2D eigenvalue weighted by atomic mass is 19.4. The van der Waals surface area contributed by atoms with Crippen LogP contribution in [0.1, 0.15) is 43.6 Å². The second kappa shape index (κ2) is 8.70. The van der Waals surface area contributed by atoms with Crippen molar-refractivity contribution in [3.8, 4) is 0 Å². The molecular weight excluding hydrogens is 482 g/mol. The molecule has 4 aromatic rings. The zero-order valence-corrected chi connectivity index (χ0v) is 18.5. The molecular formula is C24H17F4N5O3. The number of carbonyl (C=O) groups excluding carboxylic acids is 2. The number of rotatable bonds is 4. The number of hydrogen-bond donors (Lipinski definition) is 1. The topological polar surface area (TPSA) is 101 Å². The average molecular weight is 499 g/mol. The van der Waals surface area contributed by atoms with Gasteiger partial charge in [-0.1, -0.05) is 24.3 Å². The number of fused-ring (bicyclic) bond motifs is 2. The maximum absolute atomic E-state index is 14.7. The molecule has 184 valence electrons. The number of benzene rings is 2. The van der Waals surface area contributed by atoms with Crippen LogP contribution in [0.25, 0.3) is 10.8 Å². The Morgan fingerprint density at radius 2 is 1.86 bits per heavy atom. The van der Waals surface area contributed by atoms with Crippen LogP contribution in [0, 0.1) is 5.82 Å². The van der Waals surface area contributed by atoms with Crippen LogP contribution in [-0.4, -0.2) is 43.4 Å². The molecule has 0 fully saturated rings. The molecule has 1 amide bonds. The van der Waals surface area contributed by atoms with Gasteiger partial charge in [0.1, 0.15) is 11.5 Å². The number of hydrogen-bond acceptors (Lipinski definition) is 5. The molecule has 0 spiro atoms. The quantitative estimate of drug-likeness (QED) is 0.343. The zero-order chi connectivity index (χ0) is 25.6. The monoisotopic (exact) mass is 499 g/mol. The minimum atomic E-state index is -4.76. The van der Waals surface area contributed by atoms with Crippen molar-refractivity contribution >= 4 is 23.0 Å².